The van der Waals surface area contributed by atoms with Gasteiger partial charge in [-0.1, -0.05) is 22.8 Å². The molecule has 29 heavy (non-hydrogen) atoms. The first kappa shape index (κ1) is 19.5. The van der Waals surface area contributed by atoms with E-state index in [9.17, 15) is 4.79 Å². The Morgan fingerprint density at radius 3 is 2.69 bits per heavy atom. The molecule has 1 atom stereocenters. The predicted octanol–water partition coefficient (Wildman–Crippen LogP) is 5.01. The molecule has 0 saturated carbocycles. The molecule has 1 saturated heterocycles. The smallest absolute Gasteiger partial charge is 0.232 e. The second-order valence-corrected chi connectivity index (χ2v) is 7.92. The highest BCUT2D eigenvalue weighted by Crippen LogP contribution is 2.34. The Morgan fingerprint density at radius 1 is 1.21 bits per heavy atom. The van der Waals surface area contributed by atoms with Crippen LogP contribution in [0.25, 0.3) is 11.4 Å². The highest BCUT2D eigenvalue weighted by molar-refractivity contribution is 6.31. The first-order valence-electron chi connectivity index (χ1n) is 9.58. The number of hydrogen-bond donors (Lipinski definition) is 0. The molecule has 3 aromatic rings. The first-order valence-corrected chi connectivity index (χ1v) is 9.95. The molecule has 0 spiro atoms. The summed E-state index contributed by atoms with van der Waals surface area (Å²) in [6, 6.07) is 13.1. The summed E-state index contributed by atoms with van der Waals surface area (Å²) < 4.78 is 11.1. The number of carbonyl (C=O) groups excluding carboxylic acids is 1. The third kappa shape index (κ3) is 4.12. The van der Waals surface area contributed by atoms with Gasteiger partial charge in [0.05, 0.1) is 12.0 Å². The molecule has 1 aliphatic heterocycles. The molecule has 1 unspecified atom stereocenters. The zero-order valence-electron chi connectivity index (χ0n) is 16.6. The molecule has 1 amide bonds. The van der Waals surface area contributed by atoms with Crippen LogP contribution in [0.5, 0.6) is 5.75 Å². The monoisotopic (exact) mass is 411 g/mol. The maximum absolute atomic E-state index is 12.6. The lowest BCUT2D eigenvalue weighted by Crippen LogP contribution is -2.25. The van der Waals surface area contributed by atoms with Gasteiger partial charge in [-0.15, -0.1) is 0 Å². The largest absolute Gasteiger partial charge is 0.491 e. The Kier molecular flexibility index (Phi) is 5.28. The van der Waals surface area contributed by atoms with Crippen LogP contribution in [0.15, 0.2) is 47.0 Å². The number of rotatable bonds is 5. The van der Waals surface area contributed by atoms with Gasteiger partial charge in [0, 0.05) is 29.2 Å². The third-order valence-corrected chi connectivity index (χ3v) is 5.10. The van der Waals surface area contributed by atoms with E-state index in [0.29, 0.717) is 29.7 Å². The summed E-state index contributed by atoms with van der Waals surface area (Å²) in [5.41, 5.74) is 2.66. The summed E-state index contributed by atoms with van der Waals surface area (Å²) in [5, 5.41) is 4.70. The van der Waals surface area contributed by atoms with Crippen molar-refractivity contribution in [2.75, 3.05) is 11.4 Å². The molecule has 0 aliphatic carbocycles. The zero-order valence-corrected chi connectivity index (χ0v) is 17.3. The van der Waals surface area contributed by atoms with E-state index in [1.54, 1.807) is 4.90 Å². The van der Waals surface area contributed by atoms with Gasteiger partial charge in [0.2, 0.25) is 17.6 Å². The van der Waals surface area contributed by atoms with Gasteiger partial charge in [0.15, 0.2) is 0 Å². The maximum Gasteiger partial charge on any atom is 0.232 e. The Morgan fingerprint density at radius 2 is 1.97 bits per heavy atom. The van der Waals surface area contributed by atoms with E-state index in [1.807, 2.05) is 63.2 Å². The molecule has 1 aromatic heterocycles. The van der Waals surface area contributed by atoms with Gasteiger partial charge in [-0.05, 0) is 62.7 Å². The van der Waals surface area contributed by atoms with Crippen molar-refractivity contribution in [2.24, 2.45) is 0 Å². The number of benzene rings is 2. The SMILES string of the molecule is Cc1ccc(Cl)cc1N1CC(c2nc(-c3ccc(OC(C)C)cc3)no2)CC1=O. The average Bonchev–Trinajstić information content (AvgIpc) is 3.31. The summed E-state index contributed by atoms with van der Waals surface area (Å²) >= 11 is 6.12. The number of aromatic nitrogens is 2. The molecule has 2 aromatic carbocycles. The molecule has 0 N–H and O–H groups in total. The number of carbonyl (C=O) groups is 1. The fraction of sp³-hybridized carbons (Fsp3) is 0.318. The van der Waals surface area contributed by atoms with Gasteiger partial charge in [-0.2, -0.15) is 4.98 Å². The van der Waals surface area contributed by atoms with Crippen LogP contribution in [-0.2, 0) is 4.79 Å². The Bertz CT molecular complexity index is 1030. The summed E-state index contributed by atoms with van der Waals surface area (Å²) in [5.74, 6) is 1.64. The number of anilines is 1. The van der Waals surface area contributed by atoms with E-state index < -0.39 is 0 Å². The molecular weight excluding hydrogens is 390 g/mol. The van der Waals surface area contributed by atoms with E-state index in [0.717, 1.165) is 22.6 Å². The van der Waals surface area contributed by atoms with E-state index in [2.05, 4.69) is 10.1 Å². The van der Waals surface area contributed by atoms with Crippen LogP contribution in [0.1, 0.15) is 37.6 Å². The Labute approximate surface area is 174 Å². The van der Waals surface area contributed by atoms with Crippen LogP contribution >= 0.6 is 11.6 Å². The summed E-state index contributed by atoms with van der Waals surface area (Å²) in [4.78, 5) is 18.9. The van der Waals surface area contributed by atoms with Crippen LogP contribution in [0.3, 0.4) is 0 Å². The molecule has 150 valence electrons. The predicted molar refractivity (Wildman–Crippen MR) is 111 cm³/mol. The second-order valence-electron chi connectivity index (χ2n) is 7.48. The van der Waals surface area contributed by atoms with Crippen LogP contribution in [0.4, 0.5) is 5.69 Å². The molecule has 0 bridgehead atoms. The Hall–Kier alpha value is -2.86. The van der Waals surface area contributed by atoms with Gasteiger partial charge >= 0.3 is 0 Å². The van der Waals surface area contributed by atoms with E-state index in [1.165, 1.54) is 0 Å². The van der Waals surface area contributed by atoms with Crippen molar-refractivity contribution < 1.29 is 14.1 Å². The quantitative estimate of drug-likeness (QED) is 0.590. The topological polar surface area (TPSA) is 68.5 Å². The van der Waals surface area contributed by atoms with Crippen molar-refractivity contribution in [2.45, 2.75) is 39.2 Å². The van der Waals surface area contributed by atoms with Crippen molar-refractivity contribution in [3.63, 3.8) is 0 Å². The van der Waals surface area contributed by atoms with Crippen LogP contribution in [0, 0.1) is 6.92 Å². The molecule has 6 nitrogen and oxygen atoms in total. The lowest BCUT2D eigenvalue weighted by molar-refractivity contribution is -0.117. The summed E-state index contributed by atoms with van der Waals surface area (Å²) in [6.07, 6.45) is 0.443. The zero-order chi connectivity index (χ0) is 20.5. The third-order valence-electron chi connectivity index (χ3n) is 4.86. The van der Waals surface area contributed by atoms with Crippen molar-refractivity contribution in [1.82, 2.24) is 10.1 Å². The van der Waals surface area contributed by atoms with Gasteiger partial charge < -0.3 is 14.2 Å². The van der Waals surface area contributed by atoms with E-state index >= 15 is 0 Å². The second kappa shape index (κ2) is 7.87. The van der Waals surface area contributed by atoms with Gasteiger partial charge in [-0.3, -0.25) is 4.79 Å². The molecule has 1 aliphatic rings. The minimum atomic E-state index is -0.148. The van der Waals surface area contributed by atoms with Crippen LogP contribution < -0.4 is 9.64 Å². The van der Waals surface area contributed by atoms with E-state index in [-0.39, 0.29) is 17.9 Å². The number of hydrogen-bond acceptors (Lipinski definition) is 5. The number of ether oxygens (including phenoxy) is 1. The average molecular weight is 412 g/mol. The molecule has 2 heterocycles. The lowest BCUT2D eigenvalue weighted by atomic mass is 10.1. The minimum Gasteiger partial charge on any atom is -0.491 e. The Balaban J connectivity index is 1.51. The normalized spacial score (nSPS) is 16.7. The minimum absolute atomic E-state index is 0.0234. The highest BCUT2D eigenvalue weighted by Gasteiger charge is 2.35. The number of nitrogens with zero attached hydrogens (tertiary/aromatic N) is 3. The maximum atomic E-state index is 12.6. The number of aryl methyl sites for hydroxylation is 1. The van der Waals surface area contributed by atoms with Gasteiger partial charge in [-0.25, -0.2) is 0 Å². The first-order chi connectivity index (χ1) is 13.9. The number of amides is 1. The van der Waals surface area contributed by atoms with Gasteiger partial charge in [0.25, 0.3) is 0 Å². The molecule has 4 rings (SSSR count). The fourth-order valence-corrected chi connectivity index (χ4v) is 3.62. The summed E-state index contributed by atoms with van der Waals surface area (Å²) in [6.45, 7) is 6.42. The van der Waals surface area contributed by atoms with Gasteiger partial charge in [0.1, 0.15) is 5.75 Å². The van der Waals surface area contributed by atoms with Crippen LogP contribution in [-0.4, -0.2) is 28.7 Å². The van der Waals surface area contributed by atoms with Crippen LogP contribution in [0.2, 0.25) is 5.02 Å². The van der Waals surface area contributed by atoms with E-state index in [4.69, 9.17) is 20.9 Å². The van der Waals surface area contributed by atoms with Crippen molar-refractivity contribution >= 4 is 23.2 Å². The fourth-order valence-electron chi connectivity index (χ4n) is 3.45. The number of halogens is 1. The lowest BCUT2D eigenvalue weighted by Gasteiger charge is -2.18. The molecule has 1 fully saturated rings. The molecule has 0 radical (unpaired) electrons. The highest BCUT2D eigenvalue weighted by atomic mass is 35.5. The summed E-state index contributed by atoms with van der Waals surface area (Å²) in [7, 11) is 0. The van der Waals surface area contributed by atoms with Crippen molar-refractivity contribution in [3.8, 4) is 17.1 Å². The van der Waals surface area contributed by atoms with Crippen molar-refractivity contribution in [1.29, 1.82) is 0 Å². The molecule has 7 heteroatoms. The van der Waals surface area contributed by atoms with Crippen molar-refractivity contribution in [3.05, 3.63) is 58.9 Å². The standard InChI is InChI=1S/C22H22ClN3O3/c1-13(2)28-18-8-5-15(6-9-18)21-24-22(29-25-21)16-10-20(27)26(12-16)19-11-17(23)7-4-14(19)3/h4-9,11,13,16H,10,12H2,1-3H3. The molecular formula is C22H22ClN3O3.